The Morgan fingerprint density at radius 3 is 2.32 bits per heavy atom. The first-order valence-electron chi connectivity index (χ1n) is 7.54. The fourth-order valence-corrected chi connectivity index (χ4v) is 3.56. The molecule has 1 saturated carbocycles. The first kappa shape index (κ1) is 16.7. The van der Waals surface area contributed by atoms with Crippen LogP contribution in [0.1, 0.15) is 55.7 Å². The molecule has 0 heterocycles. The molecule has 1 aliphatic carbocycles. The summed E-state index contributed by atoms with van der Waals surface area (Å²) in [6.07, 6.45) is 3.44. The van der Waals surface area contributed by atoms with Crippen LogP contribution in [0.4, 0.5) is 8.78 Å². The monoisotopic (exact) mass is 312 g/mol. The molecule has 2 rings (SSSR count). The number of ether oxygens (including phenoxy) is 1. The van der Waals surface area contributed by atoms with Crippen LogP contribution in [0.2, 0.25) is 0 Å². The minimum atomic E-state index is -3.08. The normalized spacial score (nSPS) is 18.0. The second-order valence-corrected chi connectivity index (χ2v) is 6.17. The highest BCUT2D eigenvalue weighted by Crippen LogP contribution is 2.48. The van der Waals surface area contributed by atoms with Gasteiger partial charge in [-0.05, 0) is 31.4 Å². The lowest BCUT2D eigenvalue weighted by molar-refractivity contribution is -0.145. The number of hydrogen-bond acceptors (Lipinski definition) is 2. The van der Waals surface area contributed by atoms with E-state index in [2.05, 4.69) is 0 Å². The van der Waals surface area contributed by atoms with Crippen molar-refractivity contribution in [1.82, 2.24) is 0 Å². The third kappa shape index (κ3) is 2.69. The number of carboxylic acids is 1. The van der Waals surface area contributed by atoms with Crippen molar-refractivity contribution >= 4 is 5.97 Å². The summed E-state index contributed by atoms with van der Waals surface area (Å²) in [5, 5.41) is 9.84. The van der Waals surface area contributed by atoms with Crippen molar-refractivity contribution in [3.05, 3.63) is 28.8 Å². The maximum atomic E-state index is 13.9. The molecule has 5 heteroatoms. The lowest BCUT2D eigenvalue weighted by Crippen LogP contribution is -2.39. The van der Waals surface area contributed by atoms with Crippen LogP contribution >= 0.6 is 0 Å². The SMILES string of the molecule is COc1c(C(C)(F)F)ccc(C)c1C1(C(=O)O)CCCCC1. The number of alkyl halides is 2. The molecule has 0 aromatic heterocycles. The molecule has 0 atom stereocenters. The summed E-state index contributed by atoms with van der Waals surface area (Å²) in [7, 11) is 1.33. The van der Waals surface area contributed by atoms with Gasteiger partial charge in [0, 0.05) is 12.5 Å². The Balaban J connectivity index is 2.74. The topological polar surface area (TPSA) is 46.5 Å². The van der Waals surface area contributed by atoms with Crippen molar-refractivity contribution in [3.63, 3.8) is 0 Å². The van der Waals surface area contributed by atoms with Crippen molar-refractivity contribution in [2.75, 3.05) is 7.11 Å². The zero-order valence-corrected chi connectivity index (χ0v) is 13.2. The van der Waals surface area contributed by atoms with Gasteiger partial charge in [0.15, 0.2) is 0 Å². The number of aliphatic carboxylic acids is 1. The molecule has 22 heavy (non-hydrogen) atoms. The molecule has 0 bridgehead atoms. The molecular formula is C17H22F2O3. The predicted molar refractivity (Wildman–Crippen MR) is 79.7 cm³/mol. The van der Waals surface area contributed by atoms with E-state index in [1.807, 2.05) is 0 Å². The van der Waals surface area contributed by atoms with E-state index >= 15 is 0 Å². The number of benzene rings is 1. The highest BCUT2D eigenvalue weighted by molar-refractivity contribution is 5.83. The van der Waals surface area contributed by atoms with E-state index in [1.165, 1.54) is 13.2 Å². The van der Waals surface area contributed by atoms with Gasteiger partial charge in [-0.2, -0.15) is 0 Å². The second-order valence-electron chi connectivity index (χ2n) is 6.17. The minimum absolute atomic E-state index is 0.0248. The summed E-state index contributed by atoms with van der Waals surface area (Å²) >= 11 is 0. The third-order valence-electron chi connectivity index (χ3n) is 4.64. The molecule has 0 aliphatic heterocycles. The summed E-state index contributed by atoms with van der Waals surface area (Å²) in [5.41, 5.74) is -0.272. The molecule has 0 unspecified atom stereocenters. The van der Waals surface area contributed by atoms with E-state index in [0.29, 0.717) is 24.0 Å². The van der Waals surface area contributed by atoms with E-state index < -0.39 is 17.3 Å². The fraction of sp³-hybridized carbons (Fsp3) is 0.588. The Morgan fingerprint density at radius 2 is 1.86 bits per heavy atom. The van der Waals surface area contributed by atoms with Crippen LogP contribution in [0.25, 0.3) is 0 Å². The number of rotatable bonds is 4. The predicted octanol–water partition coefficient (Wildman–Crippen LogP) is 4.40. The lowest BCUT2D eigenvalue weighted by Gasteiger charge is -2.36. The summed E-state index contributed by atoms with van der Waals surface area (Å²) in [5.74, 6) is -4.01. The van der Waals surface area contributed by atoms with Gasteiger partial charge in [-0.15, -0.1) is 0 Å². The van der Waals surface area contributed by atoms with Crippen LogP contribution in [0.5, 0.6) is 5.75 Å². The van der Waals surface area contributed by atoms with Crippen LogP contribution in [-0.2, 0) is 16.1 Å². The number of hydrogen-bond donors (Lipinski definition) is 1. The van der Waals surface area contributed by atoms with Crippen molar-refractivity contribution in [2.24, 2.45) is 0 Å². The highest BCUT2D eigenvalue weighted by Gasteiger charge is 2.46. The number of carbonyl (C=O) groups is 1. The standard InChI is InChI=1S/C17H22F2O3/c1-11-7-8-12(16(2,18)19)14(22-3)13(11)17(15(20)21)9-5-4-6-10-17/h7-8H,4-6,9-10H2,1-3H3,(H,20,21). The molecule has 1 aliphatic rings. The first-order valence-corrected chi connectivity index (χ1v) is 7.54. The van der Waals surface area contributed by atoms with Gasteiger partial charge in [0.25, 0.3) is 5.92 Å². The maximum absolute atomic E-state index is 13.9. The molecule has 0 spiro atoms. The van der Waals surface area contributed by atoms with Gasteiger partial charge in [-0.1, -0.05) is 25.3 Å². The van der Waals surface area contributed by atoms with E-state index in [4.69, 9.17) is 4.74 Å². The van der Waals surface area contributed by atoms with E-state index in [9.17, 15) is 18.7 Å². The molecule has 0 saturated heterocycles. The van der Waals surface area contributed by atoms with Crippen molar-refractivity contribution in [3.8, 4) is 5.75 Å². The lowest BCUT2D eigenvalue weighted by atomic mass is 9.67. The van der Waals surface area contributed by atoms with Crippen molar-refractivity contribution in [1.29, 1.82) is 0 Å². The molecular weight excluding hydrogens is 290 g/mol. The Morgan fingerprint density at radius 1 is 1.27 bits per heavy atom. The molecule has 122 valence electrons. The number of methoxy groups -OCH3 is 1. The Kier molecular flexibility index (Phi) is 4.45. The summed E-state index contributed by atoms with van der Waals surface area (Å²) < 4.78 is 33.0. The van der Waals surface area contributed by atoms with Crippen LogP contribution < -0.4 is 4.74 Å². The molecule has 3 nitrogen and oxygen atoms in total. The van der Waals surface area contributed by atoms with Gasteiger partial charge in [-0.3, -0.25) is 4.79 Å². The van der Waals surface area contributed by atoms with Gasteiger partial charge in [0.05, 0.1) is 18.1 Å². The van der Waals surface area contributed by atoms with Crippen LogP contribution in [0.15, 0.2) is 12.1 Å². The molecule has 1 aromatic rings. The van der Waals surface area contributed by atoms with Crippen LogP contribution in [0, 0.1) is 6.92 Å². The fourth-order valence-electron chi connectivity index (χ4n) is 3.56. The van der Waals surface area contributed by atoms with Crippen molar-refractivity contribution < 1.29 is 23.4 Å². The maximum Gasteiger partial charge on any atom is 0.314 e. The number of halogens is 2. The van der Waals surface area contributed by atoms with Gasteiger partial charge in [-0.25, -0.2) is 8.78 Å². The second kappa shape index (κ2) is 5.86. The average molecular weight is 312 g/mol. The van der Waals surface area contributed by atoms with Gasteiger partial charge < -0.3 is 9.84 Å². The zero-order valence-electron chi connectivity index (χ0n) is 13.2. The zero-order chi connectivity index (χ0) is 16.5. The Hall–Kier alpha value is -1.65. The Labute approximate surface area is 129 Å². The smallest absolute Gasteiger partial charge is 0.314 e. The molecule has 1 aromatic carbocycles. The van der Waals surface area contributed by atoms with E-state index in [1.54, 1.807) is 13.0 Å². The van der Waals surface area contributed by atoms with E-state index in [0.717, 1.165) is 26.2 Å². The van der Waals surface area contributed by atoms with Gasteiger partial charge in [0.1, 0.15) is 5.75 Å². The van der Waals surface area contributed by atoms with Crippen LogP contribution in [0.3, 0.4) is 0 Å². The highest BCUT2D eigenvalue weighted by atomic mass is 19.3. The third-order valence-corrected chi connectivity index (χ3v) is 4.64. The molecule has 1 N–H and O–H groups in total. The molecule has 0 amide bonds. The number of carboxylic acid groups (broad SMARTS) is 1. The largest absolute Gasteiger partial charge is 0.496 e. The van der Waals surface area contributed by atoms with Crippen LogP contribution in [-0.4, -0.2) is 18.2 Å². The summed E-state index contributed by atoms with van der Waals surface area (Å²) in [6.45, 7) is 2.56. The first-order chi connectivity index (χ1) is 10.2. The quantitative estimate of drug-likeness (QED) is 0.896. The minimum Gasteiger partial charge on any atom is -0.496 e. The summed E-state index contributed by atoms with van der Waals surface area (Å²) in [6, 6.07) is 2.90. The van der Waals surface area contributed by atoms with E-state index in [-0.39, 0.29) is 11.3 Å². The average Bonchev–Trinajstić information content (AvgIpc) is 2.45. The number of aryl methyl sites for hydroxylation is 1. The summed E-state index contributed by atoms with van der Waals surface area (Å²) in [4.78, 5) is 12.0. The Bertz CT molecular complexity index is 570. The van der Waals surface area contributed by atoms with Gasteiger partial charge >= 0.3 is 5.97 Å². The molecule has 0 radical (unpaired) electrons. The molecule has 1 fully saturated rings. The van der Waals surface area contributed by atoms with Gasteiger partial charge in [0.2, 0.25) is 0 Å². The van der Waals surface area contributed by atoms with Crippen molar-refractivity contribution in [2.45, 2.75) is 57.3 Å².